The summed E-state index contributed by atoms with van der Waals surface area (Å²) in [7, 11) is 3.64. The monoisotopic (exact) mass is 291 g/mol. The van der Waals surface area contributed by atoms with Gasteiger partial charge in [-0.15, -0.1) is 0 Å². The van der Waals surface area contributed by atoms with Gasteiger partial charge >= 0.3 is 0 Å². The first-order chi connectivity index (χ1) is 10.2. The van der Waals surface area contributed by atoms with Gasteiger partial charge in [0.05, 0.1) is 19.3 Å². The van der Waals surface area contributed by atoms with E-state index in [-0.39, 0.29) is 11.7 Å². The van der Waals surface area contributed by atoms with E-state index in [0.717, 1.165) is 37.5 Å². The smallest absolute Gasteiger partial charge is 0.161 e. The zero-order valence-electron chi connectivity index (χ0n) is 13.0. The molecule has 1 aromatic rings. The Labute approximate surface area is 126 Å². The minimum atomic E-state index is 0.110. The normalized spacial score (nSPS) is 23.6. The summed E-state index contributed by atoms with van der Waals surface area (Å²) < 4.78 is 17.7. The standard InChI is InChI=1S/C17H25NO3/c1-18-12-13-4-5-15(19-2)16(10-13)21-14-6-9-20-17(11-14)7-3-8-17/h4-5,10,14,18H,3,6-9,11-12H2,1-2H3. The summed E-state index contributed by atoms with van der Waals surface area (Å²) in [5.41, 5.74) is 1.32. The summed E-state index contributed by atoms with van der Waals surface area (Å²) in [6, 6.07) is 6.14. The molecular weight excluding hydrogens is 266 g/mol. The van der Waals surface area contributed by atoms with Gasteiger partial charge in [-0.25, -0.2) is 0 Å². The molecule has 1 unspecified atom stereocenters. The lowest BCUT2D eigenvalue weighted by Gasteiger charge is -2.46. The molecule has 116 valence electrons. The van der Waals surface area contributed by atoms with Crippen molar-refractivity contribution in [2.75, 3.05) is 20.8 Å². The average Bonchev–Trinajstić information content (AvgIpc) is 2.47. The third kappa shape index (κ3) is 3.16. The van der Waals surface area contributed by atoms with Crippen molar-refractivity contribution in [1.82, 2.24) is 5.32 Å². The molecule has 2 aliphatic rings. The Morgan fingerprint density at radius 3 is 2.86 bits per heavy atom. The zero-order valence-corrected chi connectivity index (χ0v) is 13.0. The van der Waals surface area contributed by atoms with Crippen LogP contribution in [0.15, 0.2) is 18.2 Å². The average molecular weight is 291 g/mol. The Bertz CT molecular complexity index is 485. The lowest BCUT2D eigenvalue weighted by Crippen LogP contribution is -2.48. The number of rotatable bonds is 5. The maximum absolute atomic E-state index is 6.26. The van der Waals surface area contributed by atoms with Gasteiger partial charge in [0.25, 0.3) is 0 Å². The fraction of sp³-hybridized carbons (Fsp3) is 0.647. The molecule has 21 heavy (non-hydrogen) atoms. The van der Waals surface area contributed by atoms with E-state index in [1.54, 1.807) is 7.11 Å². The molecule has 1 aromatic carbocycles. The SMILES string of the molecule is CNCc1ccc(OC)c(OC2CCOC3(CCC3)C2)c1. The molecule has 1 atom stereocenters. The van der Waals surface area contributed by atoms with Crippen LogP contribution in [0.1, 0.15) is 37.7 Å². The maximum Gasteiger partial charge on any atom is 0.161 e. The van der Waals surface area contributed by atoms with Crippen molar-refractivity contribution in [2.45, 2.75) is 50.4 Å². The molecular formula is C17H25NO3. The highest BCUT2D eigenvalue weighted by molar-refractivity contribution is 5.43. The van der Waals surface area contributed by atoms with Crippen LogP contribution >= 0.6 is 0 Å². The second-order valence-corrected chi connectivity index (χ2v) is 6.13. The van der Waals surface area contributed by atoms with Crippen molar-refractivity contribution in [2.24, 2.45) is 0 Å². The second-order valence-electron chi connectivity index (χ2n) is 6.13. The number of hydrogen-bond acceptors (Lipinski definition) is 4. The van der Waals surface area contributed by atoms with Gasteiger partial charge in [0.15, 0.2) is 11.5 Å². The van der Waals surface area contributed by atoms with Gasteiger partial charge in [0.2, 0.25) is 0 Å². The highest BCUT2D eigenvalue weighted by atomic mass is 16.5. The molecule has 4 nitrogen and oxygen atoms in total. The Hall–Kier alpha value is -1.26. The first kappa shape index (κ1) is 14.7. The molecule has 1 heterocycles. The number of hydrogen-bond donors (Lipinski definition) is 1. The summed E-state index contributed by atoms with van der Waals surface area (Å²) in [5.74, 6) is 1.66. The van der Waals surface area contributed by atoms with Crippen LogP contribution in [0.4, 0.5) is 0 Å². The molecule has 0 radical (unpaired) electrons. The van der Waals surface area contributed by atoms with Crippen molar-refractivity contribution in [3.63, 3.8) is 0 Å². The molecule has 1 saturated heterocycles. The van der Waals surface area contributed by atoms with E-state index in [4.69, 9.17) is 14.2 Å². The van der Waals surface area contributed by atoms with Crippen LogP contribution in [-0.4, -0.2) is 32.5 Å². The fourth-order valence-corrected chi connectivity index (χ4v) is 3.31. The third-order valence-electron chi connectivity index (χ3n) is 4.62. The highest BCUT2D eigenvalue weighted by Gasteiger charge is 2.43. The summed E-state index contributed by atoms with van der Waals surface area (Å²) in [6.07, 6.45) is 5.85. The van der Waals surface area contributed by atoms with Gasteiger partial charge in [0.1, 0.15) is 6.10 Å². The van der Waals surface area contributed by atoms with Crippen molar-refractivity contribution in [3.8, 4) is 11.5 Å². The van der Waals surface area contributed by atoms with Gasteiger partial charge in [-0.1, -0.05) is 6.07 Å². The van der Waals surface area contributed by atoms with E-state index < -0.39 is 0 Å². The van der Waals surface area contributed by atoms with E-state index >= 15 is 0 Å². The number of nitrogens with one attached hydrogen (secondary N) is 1. The predicted molar refractivity (Wildman–Crippen MR) is 81.9 cm³/mol. The maximum atomic E-state index is 6.26. The first-order valence-electron chi connectivity index (χ1n) is 7.87. The largest absolute Gasteiger partial charge is 0.493 e. The van der Waals surface area contributed by atoms with E-state index in [1.165, 1.54) is 24.8 Å². The van der Waals surface area contributed by atoms with Crippen molar-refractivity contribution < 1.29 is 14.2 Å². The summed E-state index contributed by atoms with van der Waals surface area (Å²) in [6.45, 7) is 1.64. The summed E-state index contributed by atoms with van der Waals surface area (Å²) >= 11 is 0. The highest BCUT2D eigenvalue weighted by Crippen LogP contribution is 2.43. The van der Waals surface area contributed by atoms with Crippen LogP contribution in [0.2, 0.25) is 0 Å². The van der Waals surface area contributed by atoms with Crippen molar-refractivity contribution in [1.29, 1.82) is 0 Å². The molecule has 1 N–H and O–H groups in total. The van der Waals surface area contributed by atoms with Crippen LogP contribution in [-0.2, 0) is 11.3 Å². The molecule has 1 aliphatic heterocycles. The molecule has 4 heteroatoms. The third-order valence-corrected chi connectivity index (χ3v) is 4.62. The van der Waals surface area contributed by atoms with Crippen LogP contribution in [0.5, 0.6) is 11.5 Å². The number of benzene rings is 1. The van der Waals surface area contributed by atoms with Gasteiger partial charge in [0, 0.05) is 19.4 Å². The van der Waals surface area contributed by atoms with Gasteiger partial charge in [-0.05, 0) is 44.0 Å². The Morgan fingerprint density at radius 1 is 1.33 bits per heavy atom. The second kappa shape index (κ2) is 6.24. The topological polar surface area (TPSA) is 39.7 Å². The molecule has 2 fully saturated rings. The van der Waals surface area contributed by atoms with E-state index in [0.29, 0.717) is 0 Å². The minimum absolute atomic E-state index is 0.110. The van der Waals surface area contributed by atoms with Crippen LogP contribution in [0, 0.1) is 0 Å². The lowest BCUT2D eigenvalue weighted by molar-refractivity contribution is -0.153. The van der Waals surface area contributed by atoms with E-state index in [1.807, 2.05) is 13.1 Å². The van der Waals surface area contributed by atoms with Crippen LogP contribution < -0.4 is 14.8 Å². The van der Waals surface area contributed by atoms with Crippen molar-refractivity contribution in [3.05, 3.63) is 23.8 Å². The molecule has 0 amide bonds. The lowest BCUT2D eigenvalue weighted by atomic mass is 9.74. The summed E-state index contributed by atoms with van der Waals surface area (Å²) in [5, 5.41) is 3.17. The molecule has 0 aromatic heterocycles. The summed E-state index contributed by atoms with van der Waals surface area (Å²) in [4.78, 5) is 0. The Kier molecular flexibility index (Phi) is 4.36. The molecule has 1 aliphatic carbocycles. The first-order valence-corrected chi connectivity index (χ1v) is 7.87. The van der Waals surface area contributed by atoms with Crippen molar-refractivity contribution >= 4 is 0 Å². The van der Waals surface area contributed by atoms with Crippen LogP contribution in [0.3, 0.4) is 0 Å². The van der Waals surface area contributed by atoms with E-state index in [9.17, 15) is 0 Å². The van der Waals surface area contributed by atoms with Gasteiger partial charge < -0.3 is 19.5 Å². The molecule has 0 bridgehead atoms. The van der Waals surface area contributed by atoms with Crippen LogP contribution in [0.25, 0.3) is 0 Å². The number of ether oxygens (including phenoxy) is 3. The fourth-order valence-electron chi connectivity index (χ4n) is 3.31. The Morgan fingerprint density at radius 2 is 2.19 bits per heavy atom. The quantitative estimate of drug-likeness (QED) is 0.905. The van der Waals surface area contributed by atoms with Gasteiger partial charge in [-0.3, -0.25) is 0 Å². The molecule has 1 saturated carbocycles. The van der Waals surface area contributed by atoms with E-state index in [2.05, 4.69) is 17.4 Å². The predicted octanol–water partition coefficient (Wildman–Crippen LogP) is 2.90. The minimum Gasteiger partial charge on any atom is -0.493 e. The molecule has 1 spiro atoms. The number of methoxy groups -OCH3 is 1. The Balaban J connectivity index is 1.71. The molecule has 3 rings (SSSR count). The zero-order chi connectivity index (χ0) is 14.7. The van der Waals surface area contributed by atoms with Gasteiger partial charge in [-0.2, -0.15) is 0 Å².